The summed E-state index contributed by atoms with van der Waals surface area (Å²) in [6.45, 7) is 4.03. The number of pyridine rings is 1. The molecule has 0 aliphatic heterocycles. The molecule has 0 aliphatic carbocycles. The highest BCUT2D eigenvalue weighted by Gasteiger charge is 2.24. The number of hydrogen-bond donors (Lipinski definition) is 2. The van der Waals surface area contributed by atoms with Crippen LogP contribution in [0.25, 0.3) is 38.6 Å². The molecule has 0 bridgehead atoms. The SMILES string of the molecule is CC(C)c1c(-c2cnc(C(=O)O)c(F)c2)c2cc3[nH]ncc3cc2n1-c1ccc(F)cc1. The van der Waals surface area contributed by atoms with Crippen molar-refractivity contribution in [1.82, 2.24) is 19.7 Å². The topological polar surface area (TPSA) is 83.8 Å². The number of nitrogens with zero attached hydrogens (tertiary/aromatic N) is 3. The Morgan fingerprint density at radius 2 is 1.84 bits per heavy atom. The molecule has 160 valence electrons. The lowest BCUT2D eigenvalue weighted by molar-refractivity contribution is 0.0685. The van der Waals surface area contributed by atoms with Crippen LogP contribution >= 0.6 is 0 Å². The quantitative estimate of drug-likeness (QED) is 0.383. The number of hydrogen-bond acceptors (Lipinski definition) is 3. The second-order valence-corrected chi connectivity index (χ2v) is 7.91. The van der Waals surface area contributed by atoms with E-state index < -0.39 is 17.5 Å². The van der Waals surface area contributed by atoms with E-state index in [0.29, 0.717) is 5.56 Å². The molecule has 0 unspecified atom stereocenters. The summed E-state index contributed by atoms with van der Waals surface area (Å²) in [4.78, 5) is 15.1. The molecule has 5 aromatic rings. The molecule has 3 heterocycles. The third kappa shape index (κ3) is 3.03. The van der Waals surface area contributed by atoms with Gasteiger partial charge in [0.2, 0.25) is 0 Å². The molecule has 0 spiro atoms. The first kappa shape index (κ1) is 19.9. The Morgan fingerprint density at radius 1 is 1.09 bits per heavy atom. The Morgan fingerprint density at radius 3 is 2.50 bits per heavy atom. The number of aromatic carboxylic acids is 1. The van der Waals surface area contributed by atoms with Gasteiger partial charge in [0.15, 0.2) is 11.5 Å². The third-order valence-electron chi connectivity index (χ3n) is 5.53. The predicted octanol–water partition coefficient (Wildman–Crippen LogP) is 5.67. The number of aromatic nitrogens is 4. The number of halogens is 2. The van der Waals surface area contributed by atoms with Gasteiger partial charge in [-0.1, -0.05) is 13.8 Å². The van der Waals surface area contributed by atoms with Gasteiger partial charge < -0.3 is 9.67 Å². The van der Waals surface area contributed by atoms with E-state index in [-0.39, 0.29) is 11.7 Å². The van der Waals surface area contributed by atoms with Crippen LogP contribution in [0.3, 0.4) is 0 Å². The first-order chi connectivity index (χ1) is 15.3. The molecule has 0 atom stereocenters. The highest BCUT2D eigenvalue weighted by molar-refractivity contribution is 6.05. The van der Waals surface area contributed by atoms with Gasteiger partial charge in [-0.15, -0.1) is 0 Å². The number of fused-ring (bicyclic) bond motifs is 2. The van der Waals surface area contributed by atoms with Crippen LogP contribution in [-0.2, 0) is 0 Å². The average molecular weight is 432 g/mol. The van der Waals surface area contributed by atoms with Crippen LogP contribution in [-0.4, -0.2) is 30.8 Å². The maximum Gasteiger partial charge on any atom is 0.357 e. The van der Waals surface area contributed by atoms with Crippen molar-refractivity contribution in [2.75, 3.05) is 0 Å². The molecule has 32 heavy (non-hydrogen) atoms. The smallest absolute Gasteiger partial charge is 0.357 e. The van der Waals surface area contributed by atoms with E-state index in [1.165, 1.54) is 24.4 Å². The highest BCUT2D eigenvalue weighted by atomic mass is 19.1. The van der Waals surface area contributed by atoms with Gasteiger partial charge in [0.1, 0.15) is 5.82 Å². The lowest BCUT2D eigenvalue weighted by Gasteiger charge is -2.16. The van der Waals surface area contributed by atoms with E-state index in [1.54, 1.807) is 18.3 Å². The van der Waals surface area contributed by atoms with Crippen LogP contribution in [0.15, 0.2) is 54.9 Å². The molecular weight excluding hydrogens is 414 g/mol. The van der Waals surface area contributed by atoms with Gasteiger partial charge in [-0.2, -0.15) is 5.10 Å². The molecule has 5 rings (SSSR count). The molecule has 0 saturated carbocycles. The van der Waals surface area contributed by atoms with Crippen LogP contribution in [0, 0.1) is 11.6 Å². The molecule has 2 aromatic carbocycles. The fraction of sp³-hybridized carbons (Fsp3) is 0.125. The minimum Gasteiger partial charge on any atom is -0.476 e. The van der Waals surface area contributed by atoms with Crippen molar-refractivity contribution >= 4 is 27.8 Å². The fourth-order valence-corrected chi connectivity index (χ4v) is 4.19. The second kappa shape index (κ2) is 7.26. The summed E-state index contributed by atoms with van der Waals surface area (Å²) in [7, 11) is 0. The van der Waals surface area contributed by atoms with Crippen LogP contribution < -0.4 is 0 Å². The minimum atomic E-state index is -1.42. The monoisotopic (exact) mass is 432 g/mol. The van der Waals surface area contributed by atoms with Crippen LogP contribution in [0.1, 0.15) is 35.9 Å². The summed E-state index contributed by atoms with van der Waals surface area (Å²) in [6, 6.07) is 11.3. The first-order valence-electron chi connectivity index (χ1n) is 10.0. The zero-order chi connectivity index (χ0) is 22.6. The number of nitrogens with one attached hydrogen (secondary N) is 1. The van der Waals surface area contributed by atoms with Gasteiger partial charge in [-0.25, -0.2) is 18.6 Å². The van der Waals surface area contributed by atoms with E-state index in [9.17, 15) is 13.6 Å². The van der Waals surface area contributed by atoms with Crippen molar-refractivity contribution < 1.29 is 18.7 Å². The van der Waals surface area contributed by atoms with Gasteiger partial charge in [-0.3, -0.25) is 5.10 Å². The minimum absolute atomic E-state index is 0.00105. The van der Waals surface area contributed by atoms with E-state index in [4.69, 9.17) is 5.11 Å². The molecule has 0 radical (unpaired) electrons. The van der Waals surface area contributed by atoms with Gasteiger partial charge in [0.25, 0.3) is 0 Å². The Balaban J connectivity index is 1.91. The molecule has 3 aromatic heterocycles. The molecule has 6 nitrogen and oxygen atoms in total. The number of carboxylic acid groups (broad SMARTS) is 1. The van der Waals surface area contributed by atoms with Crippen LogP contribution in [0.4, 0.5) is 8.78 Å². The number of carboxylic acids is 1. The number of aromatic amines is 1. The van der Waals surface area contributed by atoms with Crippen LogP contribution in [0.2, 0.25) is 0 Å². The fourth-order valence-electron chi connectivity index (χ4n) is 4.19. The third-order valence-corrected chi connectivity index (χ3v) is 5.53. The maximum atomic E-state index is 14.6. The number of rotatable bonds is 4. The first-order valence-corrected chi connectivity index (χ1v) is 10.0. The van der Waals surface area contributed by atoms with Gasteiger partial charge in [0.05, 0.1) is 17.2 Å². The summed E-state index contributed by atoms with van der Waals surface area (Å²) in [5.74, 6) is -2.67. The summed E-state index contributed by atoms with van der Waals surface area (Å²) in [5, 5.41) is 17.9. The maximum absolute atomic E-state index is 14.6. The Hall–Kier alpha value is -4.07. The molecule has 2 N–H and O–H groups in total. The number of benzene rings is 2. The van der Waals surface area contributed by atoms with Crippen molar-refractivity contribution in [3.05, 3.63) is 77.9 Å². The molecule has 0 fully saturated rings. The highest BCUT2D eigenvalue weighted by Crippen LogP contribution is 2.42. The van der Waals surface area contributed by atoms with Gasteiger partial charge in [0, 0.05) is 39.5 Å². The summed E-state index contributed by atoms with van der Waals surface area (Å²) in [5.41, 5.74) is 3.84. The summed E-state index contributed by atoms with van der Waals surface area (Å²) >= 11 is 0. The van der Waals surface area contributed by atoms with E-state index in [1.807, 2.05) is 30.5 Å². The van der Waals surface area contributed by atoms with Crippen LogP contribution in [0.5, 0.6) is 0 Å². The zero-order valence-electron chi connectivity index (χ0n) is 17.2. The number of carbonyl (C=O) groups is 1. The Labute approximate surface area is 181 Å². The normalized spacial score (nSPS) is 11.7. The summed E-state index contributed by atoms with van der Waals surface area (Å²) < 4.78 is 30.2. The standard InChI is InChI=1S/C24H18F2N4O2/c1-12(2)23-21(14-7-18(26)22(24(31)32)27-10-14)17-9-19-13(11-28-29-19)8-20(17)30(23)16-5-3-15(25)4-6-16/h3-12H,1-2H3,(H,28,29)(H,31,32). The van der Waals surface area contributed by atoms with Crippen molar-refractivity contribution in [1.29, 1.82) is 0 Å². The second-order valence-electron chi connectivity index (χ2n) is 7.91. The van der Waals surface area contributed by atoms with Gasteiger partial charge >= 0.3 is 5.97 Å². The Kier molecular flexibility index (Phi) is 4.51. The number of H-pyrrole nitrogens is 1. The Bertz CT molecular complexity index is 1500. The molecule has 0 saturated heterocycles. The summed E-state index contributed by atoms with van der Waals surface area (Å²) in [6.07, 6.45) is 3.09. The molecule has 8 heteroatoms. The molecule has 0 amide bonds. The molecule has 0 aliphatic rings. The van der Waals surface area contributed by atoms with Crippen molar-refractivity contribution in [3.63, 3.8) is 0 Å². The lowest BCUT2D eigenvalue weighted by atomic mass is 9.97. The largest absolute Gasteiger partial charge is 0.476 e. The van der Waals surface area contributed by atoms with E-state index in [0.717, 1.165) is 38.8 Å². The van der Waals surface area contributed by atoms with Crippen molar-refractivity contribution in [3.8, 4) is 16.8 Å². The van der Waals surface area contributed by atoms with E-state index in [2.05, 4.69) is 15.2 Å². The predicted molar refractivity (Wildman–Crippen MR) is 117 cm³/mol. The van der Waals surface area contributed by atoms with Crippen molar-refractivity contribution in [2.24, 2.45) is 0 Å². The zero-order valence-corrected chi connectivity index (χ0v) is 17.2. The van der Waals surface area contributed by atoms with Crippen molar-refractivity contribution in [2.45, 2.75) is 19.8 Å². The lowest BCUT2D eigenvalue weighted by Crippen LogP contribution is -2.05. The molecular formula is C24H18F2N4O2. The van der Waals surface area contributed by atoms with E-state index >= 15 is 0 Å². The average Bonchev–Trinajstić information content (AvgIpc) is 3.34. The van der Waals surface area contributed by atoms with Gasteiger partial charge in [-0.05, 0) is 48.4 Å².